The minimum absolute atomic E-state index is 0.209. The van der Waals surface area contributed by atoms with E-state index in [1.165, 1.54) is 16.7 Å². The number of rotatable bonds is 4. The molecule has 1 saturated heterocycles. The van der Waals surface area contributed by atoms with Crippen molar-refractivity contribution in [1.82, 2.24) is 9.80 Å². The predicted molar refractivity (Wildman–Crippen MR) is 78.8 cm³/mol. The molecule has 5 nitrogen and oxygen atoms in total. The van der Waals surface area contributed by atoms with E-state index in [1.54, 1.807) is 12.1 Å². The number of hydrogen-bond donors (Lipinski definition) is 1. The average Bonchev–Trinajstić information content (AvgIpc) is 2.87. The number of amides is 1. The molecule has 1 heterocycles. The summed E-state index contributed by atoms with van der Waals surface area (Å²) in [6.45, 7) is 0.811. The van der Waals surface area contributed by atoms with E-state index in [2.05, 4.69) is 0 Å². The van der Waals surface area contributed by atoms with Gasteiger partial charge in [-0.25, -0.2) is 4.79 Å². The van der Waals surface area contributed by atoms with E-state index in [0.717, 1.165) is 12.1 Å². The summed E-state index contributed by atoms with van der Waals surface area (Å²) >= 11 is 1.47. The fraction of sp³-hybridized carbons (Fsp3) is 0.429. The lowest BCUT2D eigenvalue weighted by molar-refractivity contribution is -0.140. The summed E-state index contributed by atoms with van der Waals surface area (Å²) in [5, 5.41) is 9.11. The zero-order chi connectivity index (χ0) is 14.7. The van der Waals surface area contributed by atoms with Crippen molar-refractivity contribution >= 4 is 23.6 Å². The van der Waals surface area contributed by atoms with Crippen LogP contribution >= 0.6 is 11.8 Å². The molecule has 6 heteroatoms. The van der Waals surface area contributed by atoms with Gasteiger partial charge in [-0.3, -0.25) is 4.79 Å². The van der Waals surface area contributed by atoms with Gasteiger partial charge in [0.2, 0.25) is 0 Å². The van der Waals surface area contributed by atoms with E-state index in [9.17, 15) is 9.59 Å². The second-order valence-electron chi connectivity index (χ2n) is 5.06. The number of benzene rings is 1. The zero-order valence-corrected chi connectivity index (χ0v) is 12.4. The van der Waals surface area contributed by atoms with Crippen LogP contribution in [0.3, 0.4) is 0 Å². The van der Waals surface area contributed by atoms with Crippen LogP contribution in [-0.4, -0.2) is 58.5 Å². The summed E-state index contributed by atoms with van der Waals surface area (Å²) in [6, 6.07) is 6.64. The molecular formula is C14H18N2O3S. The van der Waals surface area contributed by atoms with Gasteiger partial charge in [-0.15, -0.1) is 11.8 Å². The van der Waals surface area contributed by atoms with Gasteiger partial charge in [0.25, 0.3) is 5.91 Å². The van der Waals surface area contributed by atoms with E-state index in [-0.39, 0.29) is 5.91 Å². The molecule has 1 N–H and O–H groups in total. The highest BCUT2D eigenvalue weighted by atomic mass is 32.2. The Bertz CT molecular complexity index is 502. The topological polar surface area (TPSA) is 60.9 Å². The monoisotopic (exact) mass is 294 g/mol. The summed E-state index contributed by atoms with van der Waals surface area (Å²) in [7, 11) is 3.97. The Kier molecular flexibility index (Phi) is 4.67. The third kappa shape index (κ3) is 3.32. The van der Waals surface area contributed by atoms with E-state index in [4.69, 9.17) is 5.11 Å². The van der Waals surface area contributed by atoms with Crippen molar-refractivity contribution in [2.75, 3.05) is 25.7 Å². The van der Waals surface area contributed by atoms with E-state index < -0.39 is 12.0 Å². The van der Waals surface area contributed by atoms with Gasteiger partial charge in [0.15, 0.2) is 0 Å². The average molecular weight is 294 g/mol. The van der Waals surface area contributed by atoms with Gasteiger partial charge in [-0.05, 0) is 31.8 Å². The highest BCUT2D eigenvalue weighted by Crippen LogP contribution is 2.23. The van der Waals surface area contributed by atoms with Crippen molar-refractivity contribution in [1.29, 1.82) is 0 Å². The number of hydrogen-bond acceptors (Lipinski definition) is 4. The highest BCUT2D eigenvalue weighted by Gasteiger charge is 2.34. The number of carbonyl (C=O) groups excluding carboxylic acids is 1. The predicted octanol–water partition coefficient (Wildman–Crippen LogP) is 1.35. The van der Waals surface area contributed by atoms with Gasteiger partial charge < -0.3 is 14.9 Å². The number of thioether (sulfide) groups is 1. The molecule has 20 heavy (non-hydrogen) atoms. The lowest BCUT2D eigenvalue weighted by Gasteiger charge is -2.20. The smallest absolute Gasteiger partial charge is 0.327 e. The van der Waals surface area contributed by atoms with E-state index in [1.807, 2.05) is 31.1 Å². The normalized spacial score (nSPS) is 18.6. The van der Waals surface area contributed by atoms with Crippen LogP contribution in [0.4, 0.5) is 0 Å². The molecule has 1 aromatic carbocycles. The summed E-state index contributed by atoms with van der Waals surface area (Å²) in [5.41, 5.74) is 1.67. The van der Waals surface area contributed by atoms with Gasteiger partial charge in [-0.1, -0.05) is 12.1 Å². The molecule has 0 bridgehead atoms. The maximum Gasteiger partial charge on any atom is 0.327 e. The Balaban J connectivity index is 2.11. The molecule has 1 aromatic rings. The molecule has 0 radical (unpaired) electrons. The summed E-state index contributed by atoms with van der Waals surface area (Å²) in [6.07, 6.45) is 0. The number of carbonyl (C=O) groups is 2. The minimum Gasteiger partial charge on any atom is -0.480 e. The Labute approximate surface area is 122 Å². The van der Waals surface area contributed by atoms with Crippen LogP contribution < -0.4 is 0 Å². The largest absolute Gasteiger partial charge is 0.480 e. The summed E-state index contributed by atoms with van der Waals surface area (Å²) in [4.78, 5) is 26.9. The summed E-state index contributed by atoms with van der Waals surface area (Å²) < 4.78 is 0. The molecule has 1 atom stereocenters. The summed E-state index contributed by atoms with van der Waals surface area (Å²) in [5.74, 6) is -0.249. The van der Waals surface area contributed by atoms with E-state index >= 15 is 0 Å². The van der Waals surface area contributed by atoms with Crippen LogP contribution in [0.2, 0.25) is 0 Å². The molecule has 0 spiro atoms. The fourth-order valence-corrected chi connectivity index (χ4v) is 3.28. The van der Waals surface area contributed by atoms with Crippen molar-refractivity contribution < 1.29 is 14.7 Å². The van der Waals surface area contributed by atoms with Gasteiger partial charge in [0.1, 0.15) is 6.04 Å². The van der Waals surface area contributed by atoms with E-state index in [0.29, 0.717) is 17.2 Å². The molecule has 2 rings (SSSR count). The first-order chi connectivity index (χ1) is 9.49. The Morgan fingerprint density at radius 1 is 1.35 bits per heavy atom. The van der Waals surface area contributed by atoms with Crippen LogP contribution in [0, 0.1) is 0 Å². The van der Waals surface area contributed by atoms with Crippen LogP contribution in [-0.2, 0) is 11.3 Å². The van der Waals surface area contributed by atoms with Crippen molar-refractivity contribution in [2.45, 2.75) is 12.6 Å². The fourth-order valence-electron chi connectivity index (χ4n) is 2.13. The number of aliphatic carboxylic acids is 1. The van der Waals surface area contributed by atoms with Crippen molar-refractivity contribution in [3.05, 3.63) is 35.4 Å². The number of carboxylic acids is 1. The second kappa shape index (κ2) is 6.28. The van der Waals surface area contributed by atoms with Gasteiger partial charge in [0, 0.05) is 17.9 Å². The Morgan fingerprint density at radius 2 is 2.00 bits per heavy atom. The Hall–Kier alpha value is -1.53. The van der Waals surface area contributed by atoms with Gasteiger partial charge >= 0.3 is 5.97 Å². The molecule has 108 valence electrons. The lowest BCUT2D eigenvalue weighted by atomic mass is 10.1. The first-order valence-electron chi connectivity index (χ1n) is 6.34. The van der Waals surface area contributed by atoms with Crippen LogP contribution in [0.5, 0.6) is 0 Å². The second-order valence-corrected chi connectivity index (χ2v) is 6.06. The molecule has 1 aliphatic heterocycles. The van der Waals surface area contributed by atoms with Gasteiger partial charge in [-0.2, -0.15) is 0 Å². The molecule has 1 aliphatic rings. The lowest BCUT2D eigenvalue weighted by Crippen LogP contribution is -2.41. The van der Waals surface area contributed by atoms with Crippen LogP contribution in [0.25, 0.3) is 0 Å². The molecule has 1 amide bonds. The minimum atomic E-state index is -0.937. The molecule has 0 aromatic heterocycles. The Morgan fingerprint density at radius 3 is 2.55 bits per heavy atom. The van der Waals surface area contributed by atoms with Crippen LogP contribution in [0.1, 0.15) is 15.9 Å². The number of carboxylic acid groups (broad SMARTS) is 1. The van der Waals surface area contributed by atoms with Crippen LogP contribution in [0.15, 0.2) is 24.3 Å². The number of nitrogens with zero attached hydrogens (tertiary/aromatic N) is 2. The SMILES string of the molecule is CN(C)Cc1ccc(C(=O)N2CSC[C@H]2C(=O)O)cc1. The van der Waals surface area contributed by atoms with Crippen molar-refractivity contribution in [2.24, 2.45) is 0 Å². The molecule has 0 aliphatic carbocycles. The van der Waals surface area contributed by atoms with Crippen molar-refractivity contribution in [3.63, 3.8) is 0 Å². The molecular weight excluding hydrogens is 276 g/mol. The standard InChI is InChI=1S/C14H18N2O3S/c1-15(2)7-10-3-5-11(6-4-10)13(17)16-9-20-8-12(16)14(18)19/h3-6,12H,7-9H2,1-2H3,(H,18,19)/t12-/m0/s1. The zero-order valence-electron chi connectivity index (χ0n) is 11.6. The first-order valence-corrected chi connectivity index (χ1v) is 7.49. The first kappa shape index (κ1) is 14.9. The third-order valence-corrected chi connectivity index (χ3v) is 4.14. The maximum absolute atomic E-state index is 12.3. The maximum atomic E-state index is 12.3. The van der Waals surface area contributed by atoms with Gasteiger partial charge in [0.05, 0.1) is 5.88 Å². The molecule has 0 saturated carbocycles. The highest BCUT2D eigenvalue weighted by molar-refractivity contribution is 7.99. The van der Waals surface area contributed by atoms with Crippen molar-refractivity contribution in [3.8, 4) is 0 Å². The quantitative estimate of drug-likeness (QED) is 0.908. The third-order valence-electron chi connectivity index (χ3n) is 3.13. The molecule has 0 unspecified atom stereocenters. The molecule has 1 fully saturated rings.